The highest BCUT2D eigenvalue weighted by Gasteiger charge is 2.22. The van der Waals surface area contributed by atoms with Crippen LogP contribution in [0.3, 0.4) is 0 Å². The Balaban J connectivity index is 1.57. The number of likely N-dealkylation sites (tertiary alicyclic amines) is 1. The van der Waals surface area contributed by atoms with E-state index in [9.17, 15) is 15.0 Å². The van der Waals surface area contributed by atoms with Crippen molar-refractivity contribution in [3.8, 4) is 11.5 Å². The van der Waals surface area contributed by atoms with Crippen LogP contribution in [0.25, 0.3) is 6.08 Å². The molecule has 0 radical (unpaired) electrons. The normalized spacial score (nSPS) is 15.5. The molecule has 0 atom stereocenters. The third-order valence-electron chi connectivity index (χ3n) is 4.88. The summed E-state index contributed by atoms with van der Waals surface area (Å²) >= 11 is 0. The number of aromatic hydroxyl groups is 2. The fourth-order valence-electron chi connectivity index (χ4n) is 3.32. The van der Waals surface area contributed by atoms with E-state index in [-0.39, 0.29) is 17.4 Å². The van der Waals surface area contributed by atoms with Crippen molar-refractivity contribution in [2.75, 3.05) is 13.1 Å². The second kappa shape index (κ2) is 8.06. The van der Waals surface area contributed by atoms with Crippen LogP contribution >= 0.6 is 0 Å². The summed E-state index contributed by atoms with van der Waals surface area (Å²) in [5.74, 6) is 0.0599. The maximum absolute atomic E-state index is 12.4. The van der Waals surface area contributed by atoms with Gasteiger partial charge in [-0.25, -0.2) is 0 Å². The molecule has 1 aliphatic rings. The van der Waals surface area contributed by atoms with Crippen LogP contribution in [0.1, 0.15) is 35.4 Å². The Hall–Kier alpha value is -2.79. The molecule has 2 aromatic rings. The average Bonchev–Trinajstić information content (AvgIpc) is 2.69. The van der Waals surface area contributed by atoms with E-state index in [1.54, 1.807) is 12.1 Å². The Bertz CT molecular complexity index is 809. The van der Waals surface area contributed by atoms with Crippen molar-refractivity contribution >= 4 is 12.0 Å². The molecule has 2 aromatic carbocycles. The lowest BCUT2D eigenvalue weighted by Crippen LogP contribution is -2.36. The van der Waals surface area contributed by atoms with Crippen LogP contribution in [0.4, 0.5) is 0 Å². The quantitative estimate of drug-likeness (QED) is 0.583. The second-order valence-electron chi connectivity index (χ2n) is 6.63. The van der Waals surface area contributed by atoms with Gasteiger partial charge in [0.1, 0.15) is 0 Å². The first kappa shape index (κ1) is 18.0. The van der Waals surface area contributed by atoms with Gasteiger partial charge in [-0.2, -0.15) is 0 Å². The average molecular weight is 352 g/mol. The molecule has 0 spiro atoms. The predicted octanol–water partition coefficient (Wildman–Crippen LogP) is 2.98. The zero-order valence-corrected chi connectivity index (χ0v) is 14.6. The van der Waals surface area contributed by atoms with E-state index in [0.29, 0.717) is 18.0 Å². The van der Waals surface area contributed by atoms with Gasteiger partial charge in [-0.3, -0.25) is 4.79 Å². The Labute approximate surface area is 153 Å². The van der Waals surface area contributed by atoms with Gasteiger partial charge in [-0.1, -0.05) is 30.3 Å². The summed E-state index contributed by atoms with van der Waals surface area (Å²) in [5, 5.41) is 18.8. The van der Waals surface area contributed by atoms with E-state index in [1.165, 1.54) is 23.8 Å². The summed E-state index contributed by atoms with van der Waals surface area (Å²) in [5.41, 5.74) is 8.83. The maximum atomic E-state index is 12.4. The third kappa shape index (κ3) is 4.24. The summed E-state index contributed by atoms with van der Waals surface area (Å²) in [7, 11) is 0. The van der Waals surface area contributed by atoms with E-state index in [4.69, 9.17) is 5.73 Å². The molecule has 0 aliphatic carbocycles. The van der Waals surface area contributed by atoms with E-state index < -0.39 is 0 Å². The number of hydrogen-bond acceptors (Lipinski definition) is 4. The van der Waals surface area contributed by atoms with Crippen molar-refractivity contribution in [3.05, 3.63) is 65.2 Å². The molecule has 136 valence electrons. The van der Waals surface area contributed by atoms with Crippen molar-refractivity contribution < 1.29 is 15.0 Å². The van der Waals surface area contributed by atoms with Gasteiger partial charge in [-0.15, -0.1) is 0 Å². The van der Waals surface area contributed by atoms with Crippen LogP contribution in [-0.2, 0) is 11.3 Å². The smallest absolute Gasteiger partial charge is 0.246 e. The highest BCUT2D eigenvalue weighted by Crippen LogP contribution is 2.29. The molecule has 0 unspecified atom stereocenters. The minimum Gasteiger partial charge on any atom is -0.504 e. The number of phenolic OH excluding ortho intramolecular Hbond substituents is 2. The van der Waals surface area contributed by atoms with Gasteiger partial charge in [0.15, 0.2) is 11.5 Å². The molecule has 1 fully saturated rings. The Morgan fingerprint density at radius 2 is 1.88 bits per heavy atom. The summed E-state index contributed by atoms with van der Waals surface area (Å²) in [6.45, 7) is 1.99. The van der Waals surface area contributed by atoms with Crippen molar-refractivity contribution in [1.29, 1.82) is 0 Å². The lowest BCUT2D eigenvalue weighted by molar-refractivity contribution is -0.126. The molecule has 1 heterocycles. The Morgan fingerprint density at radius 3 is 2.58 bits per heavy atom. The summed E-state index contributed by atoms with van der Waals surface area (Å²) in [6, 6.07) is 12.9. The third-order valence-corrected chi connectivity index (χ3v) is 4.88. The molecule has 0 aromatic heterocycles. The zero-order chi connectivity index (χ0) is 18.5. The number of phenols is 2. The van der Waals surface area contributed by atoms with Crippen LogP contribution in [0.5, 0.6) is 11.5 Å². The number of nitrogens with two attached hydrogens (primary N) is 1. The van der Waals surface area contributed by atoms with Crippen LogP contribution in [-0.4, -0.2) is 34.1 Å². The molecule has 1 aliphatic heterocycles. The Morgan fingerprint density at radius 1 is 1.12 bits per heavy atom. The zero-order valence-electron chi connectivity index (χ0n) is 14.6. The van der Waals surface area contributed by atoms with E-state index in [0.717, 1.165) is 31.5 Å². The SMILES string of the molecule is NCc1cccc(C2CCN(C(=O)C=Cc3ccc(O)c(O)c3)CC2)c1. The predicted molar refractivity (Wildman–Crippen MR) is 102 cm³/mol. The number of nitrogens with zero attached hydrogens (tertiary/aromatic N) is 1. The summed E-state index contributed by atoms with van der Waals surface area (Å²) in [4.78, 5) is 14.2. The number of piperidine rings is 1. The molecule has 26 heavy (non-hydrogen) atoms. The molecule has 4 N–H and O–H groups in total. The first-order valence-corrected chi connectivity index (χ1v) is 8.84. The van der Waals surface area contributed by atoms with Gasteiger partial charge in [0.05, 0.1) is 0 Å². The van der Waals surface area contributed by atoms with Gasteiger partial charge in [0, 0.05) is 25.7 Å². The molecular formula is C21H24N2O3. The fourth-order valence-corrected chi connectivity index (χ4v) is 3.32. The summed E-state index contributed by atoms with van der Waals surface area (Å²) < 4.78 is 0. The highest BCUT2D eigenvalue weighted by atomic mass is 16.3. The number of carbonyl (C=O) groups excluding carboxylic acids is 1. The fraction of sp³-hybridized carbons (Fsp3) is 0.286. The molecule has 3 rings (SSSR count). The lowest BCUT2D eigenvalue weighted by atomic mass is 9.88. The number of rotatable bonds is 4. The van der Waals surface area contributed by atoms with Crippen LogP contribution in [0, 0.1) is 0 Å². The van der Waals surface area contributed by atoms with Gasteiger partial charge in [-0.05, 0) is 53.7 Å². The van der Waals surface area contributed by atoms with Gasteiger partial charge in [0.2, 0.25) is 5.91 Å². The number of hydrogen-bond donors (Lipinski definition) is 3. The molecule has 0 bridgehead atoms. The van der Waals surface area contributed by atoms with Crippen molar-refractivity contribution in [2.45, 2.75) is 25.3 Å². The first-order chi connectivity index (χ1) is 12.6. The lowest BCUT2D eigenvalue weighted by Gasteiger charge is -2.31. The van der Waals surface area contributed by atoms with Crippen LogP contribution in [0.15, 0.2) is 48.5 Å². The Kier molecular flexibility index (Phi) is 5.58. The largest absolute Gasteiger partial charge is 0.504 e. The maximum Gasteiger partial charge on any atom is 0.246 e. The van der Waals surface area contributed by atoms with Gasteiger partial charge < -0.3 is 20.8 Å². The summed E-state index contributed by atoms with van der Waals surface area (Å²) in [6.07, 6.45) is 5.04. The van der Waals surface area contributed by atoms with Gasteiger partial charge >= 0.3 is 0 Å². The standard InChI is InChI=1S/C21H24N2O3/c22-14-16-2-1-3-18(12-16)17-8-10-23(11-9-17)21(26)7-5-15-4-6-19(24)20(25)13-15/h1-7,12-13,17,24-25H,8-11,14,22H2. The van der Waals surface area contributed by atoms with Crippen molar-refractivity contribution in [3.63, 3.8) is 0 Å². The van der Waals surface area contributed by atoms with E-state index in [1.807, 2.05) is 17.0 Å². The van der Waals surface area contributed by atoms with Crippen molar-refractivity contribution in [2.24, 2.45) is 5.73 Å². The molecule has 1 amide bonds. The van der Waals surface area contributed by atoms with Gasteiger partial charge in [0.25, 0.3) is 0 Å². The monoisotopic (exact) mass is 352 g/mol. The van der Waals surface area contributed by atoms with E-state index >= 15 is 0 Å². The number of amides is 1. The molecule has 5 nitrogen and oxygen atoms in total. The first-order valence-electron chi connectivity index (χ1n) is 8.84. The molecular weight excluding hydrogens is 328 g/mol. The second-order valence-corrected chi connectivity index (χ2v) is 6.63. The highest BCUT2D eigenvalue weighted by molar-refractivity contribution is 5.92. The number of carbonyl (C=O) groups is 1. The van der Waals surface area contributed by atoms with E-state index in [2.05, 4.69) is 12.1 Å². The topological polar surface area (TPSA) is 86.8 Å². The molecule has 5 heteroatoms. The minimum absolute atomic E-state index is 0.0354. The number of benzene rings is 2. The van der Waals surface area contributed by atoms with Crippen LogP contribution in [0.2, 0.25) is 0 Å². The molecule has 0 saturated carbocycles. The van der Waals surface area contributed by atoms with Crippen LogP contribution < -0.4 is 5.73 Å². The molecule has 1 saturated heterocycles. The minimum atomic E-state index is -0.194. The van der Waals surface area contributed by atoms with Crippen molar-refractivity contribution in [1.82, 2.24) is 4.90 Å².